The first-order valence-corrected chi connectivity index (χ1v) is 9.73. The molecule has 1 fully saturated rings. The molecule has 0 aliphatic carbocycles. The van der Waals surface area contributed by atoms with Crippen LogP contribution in [0.25, 0.3) is 0 Å². The number of nitrogens with one attached hydrogen (secondary N) is 1. The minimum Gasteiger partial charge on any atom is -0.484 e. The fourth-order valence-corrected chi connectivity index (χ4v) is 3.35. The SMILES string of the molecule is O=C(COc1ccc(I)cc1)NCc1ccccc1CN1CCCC1. The number of hydrogen-bond acceptors (Lipinski definition) is 3. The Morgan fingerprint density at radius 2 is 1.72 bits per heavy atom. The molecule has 5 heteroatoms. The van der Waals surface area contributed by atoms with E-state index < -0.39 is 0 Å². The Hall–Kier alpha value is -1.60. The summed E-state index contributed by atoms with van der Waals surface area (Å²) in [5, 5.41) is 2.96. The minimum absolute atomic E-state index is 0.0366. The largest absolute Gasteiger partial charge is 0.484 e. The molecule has 0 bridgehead atoms. The Labute approximate surface area is 162 Å². The molecule has 1 aliphatic rings. The zero-order valence-electron chi connectivity index (χ0n) is 14.2. The van der Waals surface area contributed by atoms with Gasteiger partial charge in [-0.15, -0.1) is 0 Å². The van der Waals surface area contributed by atoms with Gasteiger partial charge in [-0.3, -0.25) is 9.69 Å². The summed E-state index contributed by atoms with van der Waals surface area (Å²) in [6, 6.07) is 16.0. The highest BCUT2D eigenvalue weighted by Crippen LogP contribution is 2.16. The van der Waals surface area contributed by atoms with Gasteiger partial charge in [0.25, 0.3) is 5.91 Å². The predicted octanol–water partition coefficient (Wildman–Crippen LogP) is 3.58. The molecule has 25 heavy (non-hydrogen) atoms. The van der Waals surface area contributed by atoms with Crippen molar-refractivity contribution in [3.8, 4) is 5.75 Å². The van der Waals surface area contributed by atoms with Crippen LogP contribution in [0.5, 0.6) is 5.75 Å². The molecule has 132 valence electrons. The summed E-state index contributed by atoms with van der Waals surface area (Å²) >= 11 is 2.24. The van der Waals surface area contributed by atoms with E-state index in [9.17, 15) is 4.79 Å². The molecular formula is C20H23IN2O2. The van der Waals surface area contributed by atoms with Crippen LogP contribution in [0, 0.1) is 3.57 Å². The van der Waals surface area contributed by atoms with Crippen molar-refractivity contribution >= 4 is 28.5 Å². The van der Waals surface area contributed by atoms with Gasteiger partial charge in [0.1, 0.15) is 5.75 Å². The fraction of sp³-hybridized carbons (Fsp3) is 0.350. The number of hydrogen-bond donors (Lipinski definition) is 1. The first-order chi connectivity index (χ1) is 12.2. The van der Waals surface area contributed by atoms with Crippen molar-refractivity contribution in [3.63, 3.8) is 0 Å². The van der Waals surface area contributed by atoms with E-state index in [0.29, 0.717) is 12.3 Å². The van der Waals surface area contributed by atoms with Crippen LogP contribution < -0.4 is 10.1 Å². The average molecular weight is 450 g/mol. The maximum absolute atomic E-state index is 12.1. The summed E-state index contributed by atoms with van der Waals surface area (Å²) in [6.45, 7) is 3.88. The topological polar surface area (TPSA) is 41.6 Å². The van der Waals surface area contributed by atoms with Crippen LogP contribution in [0.3, 0.4) is 0 Å². The summed E-state index contributed by atoms with van der Waals surface area (Å²) in [4.78, 5) is 14.5. The van der Waals surface area contributed by atoms with Crippen LogP contribution in [0.2, 0.25) is 0 Å². The lowest BCUT2D eigenvalue weighted by Crippen LogP contribution is -2.29. The molecule has 2 aromatic rings. The number of likely N-dealkylation sites (tertiary alicyclic amines) is 1. The van der Waals surface area contributed by atoms with E-state index in [1.165, 1.54) is 37.1 Å². The molecule has 2 aromatic carbocycles. The van der Waals surface area contributed by atoms with Gasteiger partial charge in [-0.05, 0) is 83.9 Å². The number of carbonyl (C=O) groups is 1. The Kier molecular flexibility index (Phi) is 6.69. The van der Waals surface area contributed by atoms with Gasteiger partial charge in [0.15, 0.2) is 6.61 Å². The maximum atomic E-state index is 12.1. The van der Waals surface area contributed by atoms with E-state index in [2.05, 4.69) is 51.0 Å². The Morgan fingerprint density at radius 1 is 1.04 bits per heavy atom. The van der Waals surface area contributed by atoms with Crippen molar-refractivity contribution in [2.75, 3.05) is 19.7 Å². The number of amides is 1. The maximum Gasteiger partial charge on any atom is 0.258 e. The lowest BCUT2D eigenvalue weighted by molar-refractivity contribution is -0.123. The van der Waals surface area contributed by atoms with Crippen molar-refractivity contribution in [1.82, 2.24) is 10.2 Å². The fourth-order valence-electron chi connectivity index (χ4n) is 2.99. The number of carbonyl (C=O) groups excluding carboxylic acids is 1. The lowest BCUT2D eigenvalue weighted by Gasteiger charge is -2.17. The van der Waals surface area contributed by atoms with E-state index >= 15 is 0 Å². The molecule has 4 nitrogen and oxygen atoms in total. The molecule has 1 heterocycles. The zero-order chi connectivity index (χ0) is 17.5. The highest BCUT2D eigenvalue weighted by molar-refractivity contribution is 14.1. The van der Waals surface area contributed by atoms with Crippen LogP contribution >= 0.6 is 22.6 Å². The Bertz CT molecular complexity index is 697. The van der Waals surface area contributed by atoms with Gasteiger partial charge in [-0.25, -0.2) is 0 Å². The average Bonchev–Trinajstić information content (AvgIpc) is 3.13. The van der Waals surface area contributed by atoms with Crippen LogP contribution in [0.1, 0.15) is 24.0 Å². The molecule has 3 rings (SSSR count). The Morgan fingerprint density at radius 3 is 2.44 bits per heavy atom. The second-order valence-electron chi connectivity index (χ2n) is 6.27. The molecule has 1 amide bonds. The van der Waals surface area contributed by atoms with E-state index in [1.54, 1.807) is 0 Å². The summed E-state index contributed by atoms with van der Waals surface area (Å²) in [5.41, 5.74) is 2.47. The highest BCUT2D eigenvalue weighted by Gasteiger charge is 2.13. The number of rotatable bonds is 7. The zero-order valence-corrected chi connectivity index (χ0v) is 16.4. The lowest BCUT2D eigenvalue weighted by atomic mass is 10.1. The molecule has 0 atom stereocenters. The van der Waals surface area contributed by atoms with Gasteiger partial charge in [-0.1, -0.05) is 24.3 Å². The molecular weight excluding hydrogens is 427 g/mol. The van der Waals surface area contributed by atoms with E-state index in [1.807, 2.05) is 30.3 Å². The second-order valence-corrected chi connectivity index (χ2v) is 7.52. The van der Waals surface area contributed by atoms with Crippen molar-refractivity contribution in [2.24, 2.45) is 0 Å². The van der Waals surface area contributed by atoms with Gasteiger partial charge in [0.05, 0.1) is 0 Å². The van der Waals surface area contributed by atoms with Crippen LogP contribution in [-0.2, 0) is 17.9 Å². The monoisotopic (exact) mass is 450 g/mol. The Balaban J connectivity index is 1.49. The molecule has 0 spiro atoms. The summed E-state index contributed by atoms with van der Waals surface area (Å²) in [6.07, 6.45) is 2.57. The predicted molar refractivity (Wildman–Crippen MR) is 107 cm³/mol. The third-order valence-electron chi connectivity index (χ3n) is 4.37. The molecule has 1 N–H and O–H groups in total. The van der Waals surface area contributed by atoms with E-state index in [4.69, 9.17) is 4.74 Å². The van der Waals surface area contributed by atoms with Crippen molar-refractivity contribution in [2.45, 2.75) is 25.9 Å². The molecule has 0 saturated carbocycles. The molecule has 0 unspecified atom stereocenters. The van der Waals surface area contributed by atoms with Crippen LogP contribution in [0.4, 0.5) is 0 Å². The highest BCUT2D eigenvalue weighted by atomic mass is 127. The smallest absolute Gasteiger partial charge is 0.258 e. The summed E-state index contributed by atoms with van der Waals surface area (Å²) in [7, 11) is 0. The quantitative estimate of drug-likeness (QED) is 0.656. The van der Waals surface area contributed by atoms with Crippen LogP contribution in [-0.4, -0.2) is 30.5 Å². The van der Waals surface area contributed by atoms with Crippen molar-refractivity contribution in [1.29, 1.82) is 0 Å². The van der Waals surface area contributed by atoms with Gasteiger partial charge >= 0.3 is 0 Å². The molecule has 1 saturated heterocycles. The molecule has 0 aromatic heterocycles. The standard InChI is InChI=1S/C20H23IN2O2/c21-18-7-9-19(10-8-18)25-15-20(24)22-13-16-5-1-2-6-17(16)14-23-11-3-4-12-23/h1-2,5-10H,3-4,11-15H2,(H,22,24). The number of nitrogens with zero attached hydrogens (tertiary/aromatic N) is 1. The summed E-state index contributed by atoms with van der Waals surface area (Å²) in [5.74, 6) is 0.611. The normalized spacial score (nSPS) is 14.4. The summed E-state index contributed by atoms with van der Waals surface area (Å²) < 4.78 is 6.67. The number of ether oxygens (including phenoxy) is 1. The third kappa shape index (κ3) is 5.71. The van der Waals surface area contributed by atoms with Gasteiger partial charge in [0.2, 0.25) is 0 Å². The minimum atomic E-state index is -0.102. The second kappa shape index (κ2) is 9.20. The van der Waals surface area contributed by atoms with E-state index in [0.717, 1.165) is 10.1 Å². The van der Waals surface area contributed by atoms with Crippen molar-refractivity contribution in [3.05, 3.63) is 63.2 Å². The van der Waals surface area contributed by atoms with Gasteiger partial charge in [-0.2, -0.15) is 0 Å². The number of benzene rings is 2. The first kappa shape index (κ1) is 18.2. The van der Waals surface area contributed by atoms with Gasteiger partial charge in [0, 0.05) is 16.7 Å². The molecule has 0 radical (unpaired) electrons. The van der Waals surface area contributed by atoms with Crippen molar-refractivity contribution < 1.29 is 9.53 Å². The third-order valence-corrected chi connectivity index (χ3v) is 5.09. The van der Waals surface area contributed by atoms with E-state index in [-0.39, 0.29) is 12.5 Å². The first-order valence-electron chi connectivity index (χ1n) is 8.65. The van der Waals surface area contributed by atoms with Crippen LogP contribution in [0.15, 0.2) is 48.5 Å². The number of halogens is 1. The molecule has 1 aliphatic heterocycles. The van der Waals surface area contributed by atoms with Gasteiger partial charge < -0.3 is 10.1 Å².